The summed E-state index contributed by atoms with van der Waals surface area (Å²) in [6.07, 6.45) is 0. The largest absolute Gasteiger partial charge is 0.309 e. The van der Waals surface area contributed by atoms with Crippen molar-refractivity contribution in [3.8, 4) is 0 Å². The van der Waals surface area contributed by atoms with Gasteiger partial charge in [0.1, 0.15) is 5.82 Å². The van der Waals surface area contributed by atoms with Crippen molar-refractivity contribution in [2.24, 2.45) is 0 Å². The van der Waals surface area contributed by atoms with E-state index in [1.54, 1.807) is 6.07 Å². The Hall–Kier alpha value is -0.640. The molecule has 1 aliphatic heterocycles. The molecule has 4 heteroatoms. The molecule has 102 valence electrons. The van der Waals surface area contributed by atoms with Gasteiger partial charge in [0.05, 0.1) is 0 Å². The molecule has 1 saturated heterocycles. The number of aryl methyl sites for hydroxylation is 1. The summed E-state index contributed by atoms with van der Waals surface area (Å²) in [6, 6.07) is 6.06. The Bertz CT molecular complexity index is 387. The highest BCUT2D eigenvalue weighted by Crippen LogP contribution is 2.15. The summed E-state index contributed by atoms with van der Waals surface area (Å²) in [7, 11) is 0. The first-order valence-electron chi connectivity index (χ1n) is 6.28. The minimum atomic E-state index is -0.137. The van der Waals surface area contributed by atoms with Gasteiger partial charge in [-0.1, -0.05) is 6.07 Å². The molecule has 1 aliphatic rings. The summed E-state index contributed by atoms with van der Waals surface area (Å²) in [5.41, 5.74) is 2.27. The quantitative estimate of drug-likeness (QED) is 0.891. The van der Waals surface area contributed by atoms with E-state index in [0.717, 1.165) is 25.2 Å². The molecule has 1 fully saturated rings. The van der Waals surface area contributed by atoms with Crippen LogP contribution in [-0.4, -0.2) is 30.1 Å². The SMILES string of the molecule is Cc1ccc(F)cc1CN1CC(C)NC(C)C1.Cl. The van der Waals surface area contributed by atoms with Crippen LogP contribution in [0.15, 0.2) is 18.2 Å². The van der Waals surface area contributed by atoms with Gasteiger partial charge in [-0.3, -0.25) is 4.90 Å². The average molecular weight is 273 g/mol. The Kier molecular flexibility index (Phi) is 5.57. The first kappa shape index (κ1) is 15.4. The fourth-order valence-electron chi connectivity index (χ4n) is 2.62. The smallest absolute Gasteiger partial charge is 0.123 e. The highest BCUT2D eigenvalue weighted by Gasteiger charge is 2.21. The fourth-order valence-corrected chi connectivity index (χ4v) is 2.62. The lowest BCUT2D eigenvalue weighted by Crippen LogP contribution is -2.53. The lowest BCUT2D eigenvalue weighted by atomic mass is 10.1. The van der Waals surface area contributed by atoms with Crippen molar-refractivity contribution in [1.29, 1.82) is 0 Å². The fraction of sp³-hybridized carbons (Fsp3) is 0.571. The third-order valence-corrected chi connectivity index (χ3v) is 3.34. The van der Waals surface area contributed by atoms with Crippen molar-refractivity contribution in [3.05, 3.63) is 35.1 Å². The van der Waals surface area contributed by atoms with Gasteiger partial charge in [0.15, 0.2) is 0 Å². The summed E-state index contributed by atoms with van der Waals surface area (Å²) in [5.74, 6) is -0.137. The number of nitrogens with one attached hydrogen (secondary N) is 1. The van der Waals surface area contributed by atoms with Gasteiger partial charge in [0.2, 0.25) is 0 Å². The first-order chi connectivity index (χ1) is 8.04. The zero-order valence-electron chi connectivity index (χ0n) is 11.2. The van der Waals surface area contributed by atoms with Crippen LogP contribution in [0.1, 0.15) is 25.0 Å². The number of piperazine rings is 1. The van der Waals surface area contributed by atoms with Crippen LogP contribution in [0.2, 0.25) is 0 Å². The minimum absolute atomic E-state index is 0. The van der Waals surface area contributed by atoms with Crippen LogP contribution in [0.3, 0.4) is 0 Å². The maximum absolute atomic E-state index is 13.2. The van der Waals surface area contributed by atoms with E-state index in [9.17, 15) is 4.39 Å². The molecule has 0 spiro atoms. The summed E-state index contributed by atoms with van der Waals surface area (Å²) in [6.45, 7) is 9.34. The van der Waals surface area contributed by atoms with Crippen LogP contribution in [0.25, 0.3) is 0 Å². The molecule has 1 N–H and O–H groups in total. The molecule has 0 saturated carbocycles. The summed E-state index contributed by atoms with van der Waals surface area (Å²) in [4.78, 5) is 2.40. The maximum atomic E-state index is 13.2. The highest BCUT2D eigenvalue weighted by molar-refractivity contribution is 5.85. The van der Waals surface area contributed by atoms with E-state index in [1.807, 2.05) is 13.0 Å². The second-order valence-electron chi connectivity index (χ2n) is 5.23. The highest BCUT2D eigenvalue weighted by atomic mass is 35.5. The van der Waals surface area contributed by atoms with Gasteiger partial charge in [0, 0.05) is 31.7 Å². The summed E-state index contributed by atoms with van der Waals surface area (Å²) >= 11 is 0. The van der Waals surface area contributed by atoms with Gasteiger partial charge in [-0.2, -0.15) is 0 Å². The molecule has 1 aromatic rings. The molecule has 0 aromatic heterocycles. The number of hydrogen-bond donors (Lipinski definition) is 1. The van der Waals surface area contributed by atoms with Crippen LogP contribution in [0.5, 0.6) is 0 Å². The number of benzene rings is 1. The molecule has 0 amide bonds. The van der Waals surface area contributed by atoms with E-state index >= 15 is 0 Å². The van der Waals surface area contributed by atoms with Crippen LogP contribution < -0.4 is 5.32 Å². The van der Waals surface area contributed by atoms with Crippen molar-refractivity contribution >= 4 is 12.4 Å². The van der Waals surface area contributed by atoms with E-state index < -0.39 is 0 Å². The van der Waals surface area contributed by atoms with E-state index in [1.165, 1.54) is 11.6 Å². The van der Waals surface area contributed by atoms with Crippen molar-refractivity contribution in [1.82, 2.24) is 10.2 Å². The Balaban J connectivity index is 0.00000162. The second kappa shape index (κ2) is 6.50. The molecule has 18 heavy (non-hydrogen) atoms. The van der Waals surface area contributed by atoms with Crippen LogP contribution in [-0.2, 0) is 6.54 Å². The third-order valence-electron chi connectivity index (χ3n) is 3.34. The standard InChI is InChI=1S/C14H21FN2.ClH/c1-10-4-5-14(15)6-13(10)9-17-7-11(2)16-12(3)8-17;/h4-6,11-12,16H,7-9H2,1-3H3;1H. The first-order valence-corrected chi connectivity index (χ1v) is 6.28. The predicted octanol–water partition coefficient (Wildman–Crippen LogP) is 2.74. The number of rotatable bonds is 2. The molecular formula is C14H22ClFN2. The zero-order chi connectivity index (χ0) is 12.4. The van der Waals surface area contributed by atoms with Crippen molar-refractivity contribution in [2.45, 2.75) is 39.4 Å². The number of nitrogens with zero attached hydrogens (tertiary/aromatic N) is 1. The lowest BCUT2D eigenvalue weighted by Gasteiger charge is -2.36. The molecule has 2 rings (SSSR count). The van der Waals surface area contributed by atoms with E-state index in [4.69, 9.17) is 0 Å². The summed E-state index contributed by atoms with van der Waals surface area (Å²) < 4.78 is 13.2. The third kappa shape index (κ3) is 3.94. The van der Waals surface area contributed by atoms with Gasteiger partial charge in [0.25, 0.3) is 0 Å². The number of halogens is 2. The van der Waals surface area contributed by atoms with Gasteiger partial charge in [-0.25, -0.2) is 4.39 Å². The van der Waals surface area contributed by atoms with Crippen molar-refractivity contribution in [2.75, 3.05) is 13.1 Å². The van der Waals surface area contributed by atoms with Crippen LogP contribution in [0, 0.1) is 12.7 Å². The van der Waals surface area contributed by atoms with E-state index in [-0.39, 0.29) is 18.2 Å². The van der Waals surface area contributed by atoms with Gasteiger partial charge in [-0.05, 0) is 44.0 Å². The molecule has 0 aliphatic carbocycles. The Labute approximate surface area is 115 Å². The van der Waals surface area contributed by atoms with Gasteiger partial charge >= 0.3 is 0 Å². The normalized spacial score (nSPS) is 24.7. The van der Waals surface area contributed by atoms with Crippen molar-refractivity contribution in [3.63, 3.8) is 0 Å². The number of hydrogen-bond acceptors (Lipinski definition) is 2. The van der Waals surface area contributed by atoms with E-state index in [0.29, 0.717) is 12.1 Å². The Morgan fingerprint density at radius 3 is 2.50 bits per heavy atom. The Morgan fingerprint density at radius 2 is 1.89 bits per heavy atom. The molecular weight excluding hydrogens is 251 g/mol. The molecule has 1 aromatic carbocycles. The maximum Gasteiger partial charge on any atom is 0.123 e. The van der Waals surface area contributed by atoms with Crippen molar-refractivity contribution < 1.29 is 4.39 Å². The predicted molar refractivity (Wildman–Crippen MR) is 75.7 cm³/mol. The van der Waals surface area contributed by atoms with E-state index in [2.05, 4.69) is 24.1 Å². The van der Waals surface area contributed by atoms with Gasteiger partial charge < -0.3 is 5.32 Å². The monoisotopic (exact) mass is 272 g/mol. The average Bonchev–Trinajstić information content (AvgIpc) is 2.22. The second-order valence-corrected chi connectivity index (χ2v) is 5.23. The summed E-state index contributed by atoms with van der Waals surface area (Å²) in [5, 5.41) is 3.51. The molecule has 1 heterocycles. The molecule has 2 unspecified atom stereocenters. The minimum Gasteiger partial charge on any atom is -0.309 e. The molecule has 2 atom stereocenters. The Morgan fingerprint density at radius 1 is 1.28 bits per heavy atom. The molecule has 2 nitrogen and oxygen atoms in total. The van der Waals surface area contributed by atoms with Gasteiger partial charge in [-0.15, -0.1) is 12.4 Å². The lowest BCUT2D eigenvalue weighted by molar-refractivity contribution is 0.166. The topological polar surface area (TPSA) is 15.3 Å². The van der Waals surface area contributed by atoms with Crippen LogP contribution >= 0.6 is 12.4 Å². The zero-order valence-corrected chi connectivity index (χ0v) is 12.1. The van der Waals surface area contributed by atoms with Crippen LogP contribution in [0.4, 0.5) is 4.39 Å². The molecule has 0 bridgehead atoms. The molecule has 0 radical (unpaired) electrons.